The molecule has 1 amide bonds. The molecule has 0 spiro atoms. The number of hydrogen-bond donors (Lipinski definition) is 2. The van der Waals surface area contributed by atoms with Crippen LogP contribution in [-0.2, 0) is 20.1 Å². The number of thioether (sulfide) groups is 1. The van der Waals surface area contributed by atoms with Gasteiger partial charge in [0.1, 0.15) is 6.61 Å². The number of ether oxygens (including phenoxy) is 1. The number of amides is 1. The molecule has 0 radical (unpaired) electrons. The van der Waals surface area contributed by atoms with Crippen molar-refractivity contribution in [2.75, 3.05) is 17.7 Å². The average molecular weight is 311 g/mol. The Morgan fingerprint density at radius 3 is 2.86 bits per heavy atom. The second-order valence-corrected chi connectivity index (χ2v) is 5.65. The molecule has 1 aromatic carbocycles. The van der Waals surface area contributed by atoms with Gasteiger partial charge in [0, 0.05) is 11.4 Å². The molecule has 5 nitrogen and oxygen atoms in total. The monoisotopic (exact) mass is 311 g/mol. The van der Waals surface area contributed by atoms with Crippen molar-refractivity contribution in [3.05, 3.63) is 29.8 Å². The van der Waals surface area contributed by atoms with Gasteiger partial charge in [-0.05, 0) is 31.0 Å². The van der Waals surface area contributed by atoms with Crippen LogP contribution in [0.5, 0.6) is 0 Å². The quantitative estimate of drug-likeness (QED) is 0.733. The van der Waals surface area contributed by atoms with Gasteiger partial charge in [0.25, 0.3) is 0 Å². The first-order chi connectivity index (χ1) is 10.0. The minimum Gasteiger partial charge on any atom is -0.481 e. The summed E-state index contributed by atoms with van der Waals surface area (Å²) in [5.74, 6) is -0.351. The first kappa shape index (κ1) is 17.5. The zero-order chi connectivity index (χ0) is 15.7. The van der Waals surface area contributed by atoms with Crippen LogP contribution >= 0.6 is 11.8 Å². The van der Waals surface area contributed by atoms with Gasteiger partial charge in [-0.1, -0.05) is 19.1 Å². The minimum absolute atomic E-state index is 0.0347. The molecule has 6 heteroatoms. The molecule has 0 aliphatic carbocycles. The van der Waals surface area contributed by atoms with E-state index in [1.165, 1.54) is 11.8 Å². The first-order valence-electron chi connectivity index (χ1n) is 6.81. The normalized spacial score (nSPS) is 11.9. The standard InChI is InChI=1S/C15H21NO4S/c1-3-11(2)20-8-14(17)16-13-6-4-5-12(7-13)9-21-10-15(18)19/h4-7,11H,3,8-10H2,1-2H3,(H,16,17)(H,18,19). The number of benzene rings is 1. The number of carbonyl (C=O) groups is 2. The molecule has 0 aliphatic heterocycles. The fourth-order valence-electron chi connectivity index (χ4n) is 1.53. The van der Waals surface area contributed by atoms with E-state index in [4.69, 9.17) is 9.84 Å². The van der Waals surface area contributed by atoms with Crippen molar-refractivity contribution < 1.29 is 19.4 Å². The highest BCUT2D eigenvalue weighted by molar-refractivity contribution is 7.99. The third kappa shape index (κ3) is 7.72. The number of anilines is 1. The minimum atomic E-state index is -0.827. The molecule has 1 aromatic rings. The van der Waals surface area contributed by atoms with E-state index < -0.39 is 5.97 Å². The molecular weight excluding hydrogens is 290 g/mol. The van der Waals surface area contributed by atoms with E-state index in [9.17, 15) is 9.59 Å². The van der Waals surface area contributed by atoms with Gasteiger partial charge in [0.2, 0.25) is 5.91 Å². The van der Waals surface area contributed by atoms with Crippen molar-refractivity contribution in [1.82, 2.24) is 0 Å². The molecule has 1 rings (SSSR count). The maximum atomic E-state index is 11.7. The van der Waals surface area contributed by atoms with Gasteiger partial charge in [-0.2, -0.15) is 0 Å². The topological polar surface area (TPSA) is 75.6 Å². The largest absolute Gasteiger partial charge is 0.481 e. The Bertz CT molecular complexity index is 478. The van der Waals surface area contributed by atoms with Crippen LogP contribution in [0.4, 0.5) is 5.69 Å². The fourth-order valence-corrected chi connectivity index (χ4v) is 2.22. The van der Waals surface area contributed by atoms with Crippen LogP contribution in [0, 0.1) is 0 Å². The number of aliphatic carboxylic acids is 1. The van der Waals surface area contributed by atoms with E-state index in [0.717, 1.165) is 12.0 Å². The van der Waals surface area contributed by atoms with Gasteiger partial charge in [-0.3, -0.25) is 9.59 Å². The van der Waals surface area contributed by atoms with Crippen LogP contribution < -0.4 is 5.32 Å². The van der Waals surface area contributed by atoms with Gasteiger partial charge in [-0.15, -0.1) is 11.8 Å². The van der Waals surface area contributed by atoms with E-state index in [1.807, 2.05) is 32.0 Å². The van der Waals surface area contributed by atoms with Crippen molar-refractivity contribution in [1.29, 1.82) is 0 Å². The van der Waals surface area contributed by atoms with E-state index in [2.05, 4.69) is 5.32 Å². The van der Waals surface area contributed by atoms with Gasteiger partial charge in [-0.25, -0.2) is 0 Å². The van der Waals surface area contributed by atoms with Crippen LogP contribution in [0.2, 0.25) is 0 Å². The third-order valence-electron chi connectivity index (χ3n) is 2.78. The summed E-state index contributed by atoms with van der Waals surface area (Å²) < 4.78 is 5.37. The van der Waals surface area contributed by atoms with Crippen LogP contribution in [0.25, 0.3) is 0 Å². The Morgan fingerprint density at radius 1 is 1.43 bits per heavy atom. The SMILES string of the molecule is CCC(C)OCC(=O)Nc1cccc(CSCC(=O)O)c1. The molecule has 116 valence electrons. The highest BCUT2D eigenvalue weighted by Gasteiger charge is 2.06. The highest BCUT2D eigenvalue weighted by Crippen LogP contribution is 2.16. The maximum Gasteiger partial charge on any atom is 0.313 e. The van der Waals surface area contributed by atoms with Crippen molar-refractivity contribution >= 4 is 29.3 Å². The summed E-state index contributed by atoms with van der Waals surface area (Å²) in [7, 11) is 0. The van der Waals surface area contributed by atoms with Gasteiger partial charge in [0.15, 0.2) is 0 Å². The lowest BCUT2D eigenvalue weighted by Crippen LogP contribution is -2.21. The molecule has 1 atom stereocenters. The Labute approximate surface area is 129 Å². The van der Waals surface area contributed by atoms with Crippen molar-refractivity contribution in [2.45, 2.75) is 32.1 Å². The van der Waals surface area contributed by atoms with Crippen LogP contribution in [0.15, 0.2) is 24.3 Å². The predicted octanol–water partition coefficient (Wildman–Crippen LogP) is 2.76. The summed E-state index contributed by atoms with van der Waals surface area (Å²) in [6.07, 6.45) is 0.929. The van der Waals surface area contributed by atoms with Crippen LogP contribution in [-0.4, -0.2) is 35.4 Å². The smallest absolute Gasteiger partial charge is 0.313 e. The molecule has 2 N–H and O–H groups in total. The van der Waals surface area contributed by atoms with E-state index >= 15 is 0 Å². The lowest BCUT2D eigenvalue weighted by molar-refractivity contribution is -0.133. The molecule has 0 saturated heterocycles. The third-order valence-corrected chi connectivity index (χ3v) is 3.77. The molecule has 0 bridgehead atoms. The Morgan fingerprint density at radius 2 is 2.19 bits per heavy atom. The number of carboxylic acid groups (broad SMARTS) is 1. The predicted molar refractivity (Wildman–Crippen MR) is 84.6 cm³/mol. The zero-order valence-electron chi connectivity index (χ0n) is 12.3. The lowest BCUT2D eigenvalue weighted by Gasteiger charge is -2.11. The summed E-state index contributed by atoms with van der Waals surface area (Å²) in [4.78, 5) is 22.2. The van der Waals surface area contributed by atoms with Gasteiger partial charge < -0.3 is 15.2 Å². The summed E-state index contributed by atoms with van der Waals surface area (Å²) in [5, 5.41) is 11.4. The number of hydrogen-bond acceptors (Lipinski definition) is 4. The molecule has 21 heavy (non-hydrogen) atoms. The Balaban J connectivity index is 2.44. The van der Waals surface area contributed by atoms with Crippen molar-refractivity contribution in [2.24, 2.45) is 0 Å². The van der Waals surface area contributed by atoms with Crippen LogP contribution in [0.3, 0.4) is 0 Å². The molecule has 1 unspecified atom stereocenters. The first-order valence-corrected chi connectivity index (χ1v) is 7.96. The summed E-state index contributed by atoms with van der Waals surface area (Å²) in [6.45, 7) is 3.96. The molecule has 0 heterocycles. The Hall–Kier alpha value is -1.53. The second-order valence-electron chi connectivity index (χ2n) is 4.66. The van der Waals surface area contributed by atoms with E-state index in [0.29, 0.717) is 11.4 Å². The fraction of sp³-hybridized carbons (Fsp3) is 0.467. The second kappa shape index (κ2) is 9.41. The van der Waals surface area contributed by atoms with Crippen LogP contribution in [0.1, 0.15) is 25.8 Å². The van der Waals surface area contributed by atoms with Gasteiger partial charge in [0.05, 0.1) is 11.9 Å². The lowest BCUT2D eigenvalue weighted by atomic mass is 10.2. The average Bonchev–Trinajstić information content (AvgIpc) is 2.44. The number of rotatable bonds is 9. The molecule has 0 aliphatic rings. The molecular formula is C15H21NO4S. The number of carboxylic acids is 1. The summed E-state index contributed by atoms with van der Waals surface area (Å²) in [6, 6.07) is 7.38. The zero-order valence-corrected chi connectivity index (χ0v) is 13.1. The van der Waals surface area contributed by atoms with Gasteiger partial charge >= 0.3 is 5.97 Å². The van der Waals surface area contributed by atoms with Crippen molar-refractivity contribution in [3.8, 4) is 0 Å². The number of carbonyl (C=O) groups excluding carboxylic acids is 1. The Kier molecular flexibility index (Phi) is 7.85. The molecule has 0 aromatic heterocycles. The van der Waals surface area contributed by atoms with E-state index in [1.54, 1.807) is 6.07 Å². The molecule has 0 fully saturated rings. The summed E-state index contributed by atoms with van der Waals surface area (Å²) in [5.41, 5.74) is 1.67. The highest BCUT2D eigenvalue weighted by atomic mass is 32.2. The number of nitrogens with one attached hydrogen (secondary N) is 1. The molecule has 0 saturated carbocycles. The summed E-state index contributed by atoms with van der Waals surface area (Å²) >= 11 is 1.32. The maximum absolute atomic E-state index is 11.7. The van der Waals surface area contributed by atoms with E-state index in [-0.39, 0.29) is 24.4 Å². The van der Waals surface area contributed by atoms with Crippen molar-refractivity contribution in [3.63, 3.8) is 0 Å².